The fraction of sp³-hybridized carbons (Fsp3) is 0.389. The van der Waals surface area contributed by atoms with Gasteiger partial charge in [0.05, 0.1) is 25.3 Å². The summed E-state index contributed by atoms with van der Waals surface area (Å²) in [6.07, 6.45) is -3.46. The van der Waals surface area contributed by atoms with E-state index in [-0.39, 0.29) is 36.5 Å². The van der Waals surface area contributed by atoms with Gasteiger partial charge in [0.2, 0.25) is 0 Å². The molecule has 148 valence electrons. The number of aliphatic imine (C=N–C) groups is 1. The van der Waals surface area contributed by atoms with Crippen LogP contribution < -0.4 is 11.1 Å². The fourth-order valence-corrected chi connectivity index (χ4v) is 3.92. The number of alkyl halides is 3. The third kappa shape index (κ3) is 5.35. The SMILES string of the molecule is CC1(CNC(N)=NCc2cccc(C(F)(F)F)c2)OCCc2sccc21.I. The molecule has 1 aromatic heterocycles. The predicted molar refractivity (Wildman–Crippen MR) is 112 cm³/mol. The molecule has 3 rings (SSSR count). The van der Waals surface area contributed by atoms with E-state index in [1.54, 1.807) is 17.4 Å². The zero-order valence-corrected chi connectivity index (χ0v) is 17.8. The number of nitrogens with one attached hydrogen (secondary N) is 1. The molecule has 0 saturated heterocycles. The van der Waals surface area contributed by atoms with Crippen LogP contribution in [0.4, 0.5) is 13.2 Å². The molecule has 0 bridgehead atoms. The van der Waals surface area contributed by atoms with Gasteiger partial charge in [0.25, 0.3) is 0 Å². The smallest absolute Gasteiger partial charge is 0.370 e. The van der Waals surface area contributed by atoms with Crippen LogP contribution in [0.1, 0.15) is 28.5 Å². The molecule has 0 aliphatic carbocycles. The minimum atomic E-state index is -4.37. The van der Waals surface area contributed by atoms with Gasteiger partial charge in [-0.15, -0.1) is 35.3 Å². The molecule has 0 radical (unpaired) electrons. The Morgan fingerprint density at radius 3 is 2.89 bits per heavy atom. The van der Waals surface area contributed by atoms with Crippen LogP contribution in [0.5, 0.6) is 0 Å². The summed E-state index contributed by atoms with van der Waals surface area (Å²) in [7, 11) is 0. The van der Waals surface area contributed by atoms with Crippen molar-refractivity contribution >= 4 is 41.3 Å². The third-order valence-corrected chi connectivity index (χ3v) is 5.34. The van der Waals surface area contributed by atoms with Crippen molar-refractivity contribution in [3.05, 3.63) is 57.3 Å². The van der Waals surface area contributed by atoms with E-state index in [9.17, 15) is 13.2 Å². The Kier molecular flexibility index (Phi) is 7.14. The lowest BCUT2D eigenvalue weighted by Gasteiger charge is -2.34. The van der Waals surface area contributed by atoms with Crippen LogP contribution >= 0.6 is 35.3 Å². The standard InChI is InChI=1S/C18H20F3N3OS.HI/c1-17(14-6-8-26-15(14)5-7-25-17)11-24-16(22)23-10-12-3-2-4-13(9-12)18(19,20)21;/h2-4,6,8-9H,5,7,10-11H2,1H3,(H3,22,23,24);1H. The van der Waals surface area contributed by atoms with Gasteiger partial charge in [-0.3, -0.25) is 0 Å². The summed E-state index contributed by atoms with van der Waals surface area (Å²) in [5.74, 6) is 0.176. The number of fused-ring (bicyclic) bond motifs is 1. The van der Waals surface area contributed by atoms with Crippen molar-refractivity contribution < 1.29 is 17.9 Å². The van der Waals surface area contributed by atoms with Gasteiger partial charge in [0.1, 0.15) is 5.60 Å². The number of thiophene rings is 1. The largest absolute Gasteiger partial charge is 0.416 e. The highest BCUT2D eigenvalue weighted by Gasteiger charge is 2.34. The number of rotatable bonds is 4. The second-order valence-corrected chi connectivity index (χ2v) is 7.34. The van der Waals surface area contributed by atoms with Gasteiger partial charge in [0.15, 0.2) is 5.96 Å². The highest BCUT2D eigenvalue weighted by atomic mass is 127. The van der Waals surface area contributed by atoms with E-state index in [2.05, 4.69) is 16.4 Å². The molecule has 2 heterocycles. The Morgan fingerprint density at radius 2 is 2.15 bits per heavy atom. The summed E-state index contributed by atoms with van der Waals surface area (Å²) in [6.45, 7) is 3.15. The Balaban J connectivity index is 0.00000261. The lowest BCUT2D eigenvalue weighted by atomic mass is 9.93. The molecule has 27 heavy (non-hydrogen) atoms. The number of guanidine groups is 1. The van der Waals surface area contributed by atoms with Crippen molar-refractivity contribution in [3.8, 4) is 0 Å². The van der Waals surface area contributed by atoms with Crippen LogP contribution in [0.25, 0.3) is 0 Å². The van der Waals surface area contributed by atoms with Crippen molar-refractivity contribution in [1.29, 1.82) is 0 Å². The molecule has 0 saturated carbocycles. The van der Waals surface area contributed by atoms with Crippen LogP contribution in [0, 0.1) is 0 Å². The monoisotopic (exact) mass is 511 g/mol. The summed E-state index contributed by atoms with van der Waals surface area (Å²) in [4.78, 5) is 5.45. The van der Waals surface area contributed by atoms with Crippen LogP contribution in [0.15, 0.2) is 40.7 Å². The molecule has 0 amide bonds. The topological polar surface area (TPSA) is 59.6 Å². The highest BCUT2D eigenvalue weighted by molar-refractivity contribution is 14.0. The maximum Gasteiger partial charge on any atom is 0.416 e. The van der Waals surface area contributed by atoms with Gasteiger partial charge in [-0.1, -0.05) is 12.1 Å². The molecular formula is C18H21F3IN3OS. The van der Waals surface area contributed by atoms with E-state index in [0.717, 1.165) is 24.1 Å². The number of nitrogens with zero attached hydrogens (tertiary/aromatic N) is 1. The summed E-state index contributed by atoms with van der Waals surface area (Å²) < 4.78 is 44.2. The van der Waals surface area contributed by atoms with Crippen LogP contribution in [0.3, 0.4) is 0 Å². The van der Waals surface area contributed by atoms with Gasteiger partial charge in [0, 0.05) is 11.3 Å². The minimum Gasteiger partial charge on any atom is -0.370 e. The van der Waals surface area contributed by atoms with Crippen LogP contribution in [0.2, 0.25) is 0 Å². The number of hydrogen-bond acceptors (Lipinski definition) is 3. The second-order valence-electron chi connectivity index (χ2n) is 6.34. The molecule has 2 aromatic rings. The second kappa shape index (κ2) is 8.78. The molecule has 1 atom stereocenters. The number of benzene rings is 1. The molecular weight excluding hydrogens is 490 g/mol. The average Bonchev–Trinajstić information content (AvgIpc) is 3.08. The van der Waals surface area contributed by atoms with Gasteiger partial charge >= 0.3 is 6.18 Å². The van der Waals surface area contributed by atoms with E-state index < -0.39 is 17.3 Å². The molecule has 1 aromatic carbocycles. The van der Waals surface area contributed by atoms with E-state index in [0.29, 0.717) is 18.7 Å². The number of halogens is 4. The molecule has 1 unspecified atom stereocenters. The first-order valence-electron chi connectivity index (χ1n) is 8.19. The lowest BCUT2D eigenvalue weighted by Crippen LogP contribution is -2.45. The van der Waals surface area contributed by atoms with E-state index in [1.165, 1.54) is 10.9 Å². The van der Waals surface area contributed by atoms with E-state index in [4.69, 9.17) is 10.5 Å². The first-order valence-corrected chi connectivity index (χ1v) is 9.07. The van der Waals surface area contributed by atoms with E-state index in [1.807, 2.05) is 12.3 Å². The maximum absolute atomic E-state index is 12.7. The van der Waals surface area contributed by atoms with Crippen molar-refractivity contribution in [2.24, 2.45) is 10.7 Å². The zero-order valence-electron chi connectivity index (χ0n) is 14.7. The average molecular weight is 511 g/mol. The molecule has 9 heteroatoms. The maximum atomic E-state index is 12.7. The van der Waals surface area contributed by atoms with Crippen LogP contribution in [-0.2, 0) is 29.5 Å². The lowest BCUT2D eigenvalue weighted by molar-refractivity contribution is -0.137. The Bertz CT molecular complexity index is 809. The third-order valence-electron chi connectivity index (χ3n) is 4.36. The summed E-state index contributed by atoms with van der Waals surface area (Å²) >= 11 is 1.71. The van der Waals surface area contributed by atoms with Crippen molar-refractivity contribution in [2.45, 2.75) is 31.7 Å². The Hall–Kier alpha value is -1.33. The molecule has 4 nitrogen and oxygen atoms in total. The summed E-state index contributed by atoms with van der Waals surface area (Å²) in [5.41, 5.74) is 6.29. The first-order chi connectivity index (χ1) is 12.3. The van der Waals surface area contributed by atoms with Crippen molar-refractivity contribution in [1.82, 2.24) is 5.32 Å². The van der Waals surface area contributed by atoms with Crippen molar-refractivity contribution in [3.63, 3.8) is 0 Å². The summed E-state index contributed by atoms with van der Waals surface area (Å²) in [6, 6.07) is 7.13. The van der Waals surface area contributed by atoms with Crippen LogP contribution in [-0.4, -0.2) is 19.1 Å². The molecule has 0 fully saturated rings. The number of nitrogens with two attached hydrogens (primary N) is 1. The first kappa shape index (κ1) is 22.0. The van der Waals surface area contributed by atoms with Crippen molar-refractivity contribution in [2.75, 3.05) is 13.2 Å². The quantitative estimate of drug-likeness (QED) is 0.366. The molecule has 1 aliphatic heterocycles. The zero-order chi connectivity index (χ0) is 18.8. The molecule has 3 N–H and O–H groups in total. The Morgan fingerprint density at radius 1 is 1.37 bits per heavy atom. The fourth-order valence-electron chi connectivity index (χ4n) is 2.94. The summed E-state index contributed by atoms with van der Waals surface area (Å²) in [5, 5.41) is 5.07. The predicted octanol–water partition coefficient (Wildman–Crippen LogP) is 4.28. The molecule has 1 aliphatic rings. The Labute approximate surface area is 177 Å². The number of hydrogen-bond donors (Lipinski definition) is 2. The minimum absolute atomic E-state index is 0. The highest BCUT2D eigenvalue weighted by Crippen LogP contribution is 2.35. The van der Waals surface area contributed by atoms with Gasteiger partial charge in [-0.25, -0.2) is 4.99 Å². The number of ether oxygens (including phenoxy) is 1. The normalized spacial score (nSPS) is 19.9. The van der Waals surface area contributed by atoms with E-state index >= 15 is 0 Å². The van der Waals surface area contributed by atoms with Gasteiger partial charge < -0.3 is 15.8 Å². The molecule has 0 spiro atoms. The van der Waals surface area contributed by atoms with Gasteiger partial charge in [-0.2, -0.15) is 13.2 Å². The van der Waals surface area contributed by atoms with Gasteiger partial charge in [-0.05, 0) is 41.6 Å².